The van der Waals surface area contributed by atoms with Crippen molar-refractivity contribution in [3.8, 4) is 5.75 Å². The molecule has 1 heterocycles. The minimum Gasteiger partial charge on any atom is -0.497 e. The molecule has 27 heavy (non-hydrogen) atoms. The molecule has 0 radical (unpaired) electrons. The van der Waals surface area contributed by atoms with Crippen molar-refractivity contribution in [1.82, 2.24) is 10.2 Å². The van der Waals surface area contributed by atoms with E-state index in [0.717, 1.165) is 30.0 Å². The van der Waals surface area contributed by atoms with Crippen LogP contribution in [0, 0.1) is 5.82 Å². The van der Waals surface area contributed by atoms with Gasteiger partial charge in [-0.3, -0.25) is 9.69 Å². The molecular weight excluding hydrogens is 343 g/mol. The van der Waals surface area contributed by atoms with Crippen LogP contribution in [0.2, 0.25) is 0 Å². The maximum Gasteiger partial charge on any atom is 0.224 e. The number of rotatable bonds is 7. The average molecular weight is 370 g/mol. The summed E-state index contributed by atoms with van der Waals surface area (Å²) in [6.45, 7) is 2.62. The van der Waals surface area contributed by atoms with Crippen LogP contribution in [0.3, 0.4) is 0 Å². The summed E-state index contributed by atoms with van der Waals surface area (Å²) in [5.41, 5.74) is 1.96. The van der Waals surface area contributed by atoms with E-state index >= 15 is 0 Å². The van der Waals surface area contributed by atoms with Gasteiger partial charge in [-0.15, -0.1) is 0 Å². The van der Waals surface area contributed by atoms with Crippen molar-refractivity contribution in [1.29, 1.82) is 0 Å². The monoisotopic (exact) mass is 370 g/mol. The van der Waals surface area contributed by atoms with Crippen LogP contribution in [-0.2, 0) is 11.2 Å². The van der Waals surface area contributed by atoms with Crippen molar-refractivity contribution in [2.75, 3.05) is 26.7 Å². The Kier molecular flexibility index (Phi) is 6.82. The van der Waals surface area contributed by atoms with Crippen LogP contribution < -0.4 is 10.1 Å². The molecule has 0 aliphatic carbocycles. The third-order valence-corrected chi connectivity index (χ3v) is 5.08. The number of hydrogen-bond acceptors (Lipinski definition) is 3. The van der Waals surface area contributed by atoms with Gasteiger partial charge in [0, 0.05) is 6.54 Å². The smallest absolute Gasteiger partial charge is 0.224 e. The molecule has 144 valence electrons. The predicted octanol–water partition coefficient (Wildman–Crippen LogP) is 3.72. The fraction of sp³-hybridized carbons (Fsp3) is 0.409. The summed E-state index contributed by atoms with van der Waals surface area (Å²) in [4.78, 5) is 14.8. The van der Waals surface area contributed by atoms with Crippen molar-refractivity contribution in [3.05, 3.63) is 65.5 Å². The highest BCUT2D eigenvalue weighted by Gasteiger charge is 2.23. The van der Waals surface area contributed by atoms with Gasteiger partial charge in [0.15, 0.2) is 0 Å². The molecule has 0 saturated carbocycles. The second-order valence-electron chi connectivity index (χ2n) is 7.00. The highest BCUT2D eigenvalue weighted by atomic mass is 19.1. The number of carbonyl (C=O) groups excluding carboxylic acids is 1. The molecule has 1 N–H and O–H groups in total. The highest BCUT2D eigenvalue weighted by Crippen LogP contribution is 2.26. The molecule has 1 fully saturated rings. The Labute approximate surface area is 160 Å². The summed E-state index contributed by atoms with van der Waals surface area (Å²) in [7, 11) is 1.67. The maximum atomic E-state index is 13.0. The number of methoxy groups -OCH3 is 1. The largest absolute Gasteiger partial charge is 0.497 e. The van der Waals surface area contributed by atoms with E-state index in [1.165, 1.54) is 31.4 Å². The first-order valence-electron chi connectivity index (χ1n) is 9.55. The molecule has 1 amide bonds. The summed E-state index contributed by atoms with van der Waals surface area (Å²) in [5.74, 6) is 0.487. The predicted molar refractivity (Wildman–Crippen MR) is 104 cm³/mol. The summed E-state index contributed by atoms with van der Waals surface area (Å²) >= 11 is 0. The lowest BCUT2D eigenvalue weighted by Crippen LogP contribution is -2.41. The first-order chi connectivity index (χ1) is 13.2. The van der Waals surface area contributed by atoms with Gasteiger partial charge in [-0.05, 0) is 61.3 Å². The Morgan fingerprint density at radius 1 is 1.15 bits per heavy atom. The average Bonchev–Trinajstić information content (AvgIpc) is 2.71. The zero-order valence-corrected chi connectivity index (χ0v) is 15.8. The summed E-state index contributed by atoms with van der Waals surface area (Å²) in [6, 6.07) is 14.3. The molecule has 0 aromatic heterocycles. The van der Waals surface area contributed by atoms with Crippen LogP contribution >= 0.6 is 0 Å². The van der Waals surface area contributed by atoms with Crippen LogP contribution in [0.25, 0.3) is 0 Å². The van der Waals surface area contributed by atoms with Crippen molar-refractivity contribution < 1.29 is 13.9 Å². The second kappa shape index (κ2) is 9.51. The van der Waals surface area contributed by atoms with Gasteiger partial charge in [0.05, 0.1) is 19.6 Å². The molecule has 4 nitrogen and oxygen atoms in total. The van der Waals surface area contributed by atoms with E-state index in [9.17, 15) is 9.18 Å². The highest BCUT2D eigenvalue weighted by molar-refractivity contribution is 5.78. The van der Waals surface area contributed by atoms with E-state index in [1.807, 2.05) is 18.2 Å². The zero-order chi connectivity index (χ0) is 19.1. The quantitative estimate of drug-likeness (QED) is 0.808. The van der Waals surface area contributed by atoms with E-state index in [0.29, 0.717) is 6.54 Å². The number of carbonyl (C=O) groups is 1. The number of benzene rings is 2. The van der Waals surface area contributed by atoms with Crippen molar-refractivity contribution >= 4 is 5.91 Å². The lowest BCUT2D eigenvalue weighted by Gasteiger charge is -2.35. The number of piperidine rings is 1. The molecule has 1 saturated heterocycles. The number of halogens is 1. The van der Waals surface area contributed by atoms with Crippen molar-refractivity contribution in [2.24, 2.45) is 0 Å². The van der Waals surface area contributed by atoms with Gasteiger partial charge in [-0.25, -0.2) is 4.39 Å². The number of likely N-dealkylation sites (tertiary alicyclic amines) is 1. The van der Waals surface area contributed by atoms with Crippen LogP contribution in [-0.4, -0.2) is 37.6 Å². The van der Waals surface area contributed by atoms with Crippen molar-refractivity contribution in [2.45, 2.75) is 31.7 Å². The minimum absolute atomic E-state index is 0.0495. The maximum absolute atomic E-state index is 13.0. The molecule has 1 atom stereocenters. The van der Waals surface area contributed by atoms with Crippen LogP contribution in [0.4, 0.5) is 4.39 Å². The number of ether oxygens (including phenoxy) is 1. The normalized spacial score (nSPS) is 15.9. The molecule has 0 spiro atoms. The van der Waals surface area contributed by atoms with Crippen LogP contribution in [0.15, 0.2) is 48.5 Å². The Morgan fingerprint density at radius 2 is 1.89 bits per heavy atom. The zero-order valence-electron chi connectivity index (χ0n) is 15.8. The Morgan fingerprint density at radius 3 is 2.59 bits per heavy atom. The molecular formula is C22H27FN2O2. The number of hydrogen-bond donors (Lipinski definition) is 1. The standard InChI is InChI=1S/C22H27FN2O2/c1-27-20-7-5-6-18(15-20)21(25-12-3-2-4-13-25)16-24-22(26)14-17-8-10-19(23)11-9-17/h5-11,15,21H,2-4,12-14,16H2,1H3,(H,24,26). The Balaban J connectivity index is 1.67. The lowest BCUT2D eigenvalue weighted by atomic mass is 10.0. The van der Waals surface area contributed by atoms with Gasteiger partial charge in [0.1, 0.15) is 11.6 Å². The molecule has 1 unspecified atom stereocenters. The number of amides is 1. The molecule has 0 bridgehead atoms. The fourth-order valence-corrected chi connectivity index (χ4v) is 3.60. The van der Waals surface area contributed by atoms with Gasteiger partial charge < -0.3 is 10.1 Å². The summed E-state index contributed by atoms with van der Waals surface area (Å²) in [5, 5.41) is 3.06. The third kappa shape index (κ3) is 5.54. The van der Waals surface area contributed by atoms with E-state index in [1.54, 1.807) is 19.2 Å². The van der Waals surface area contributed by atoms with Gasteiger partial charge in [-0.2, -0.15) is 0 Å². The fourth-order valence-electron chi connectivity index (χ4n) is 3.60. The SMILES string of the molecule is COc1cccc(C(CNC(=O)Cc2ccc(F)cc2)N2CCCCC2)c1. The number of nitrogens with zero attached hydrogens (tertiary/aromatic N) is 1. The topological polar surface area (TPSA) is 41.6 Å². The van der Waals surface area contributed by atoms with Gasteiger partial charge >= 0.3 is 0 Å². The van der Waals surface area contributed by atoms with Gasteiger partial charge in [0.2, 0.25) is 5.91 Å². The first kappa shape index (κ1) is 19.4. The molecule has 3 rings (SSSR count). The van der Waals surface area contributed by atoms with Crippen LogP contribution in [0.1, 0.15) is 36.4 Å². The van der Waals surface area contributed by atoms with Gasteiger partial charge in [-0.1, -0.05) is 30.7 Å². The molecule has 5 heteroatoms. The molecule has 2 aromatic carbocycles. The summed E-state index contributed by atoms with van der Waals surface area (Å²) < 4.78 is 18.4. The number of nitrogens with one attached hydrogen (secondary N) is 1. The minimum atomic E-state index is -0.289. The van der Waals surface area contributed by atoms with E-state index < -0.39 is 0 Å². The van der Waals surface area contributed by atoms with Crippen LogP contribution in [0.5, 0.6) is 5.75 Å². The van der Waals surface area contributed by atoms with E-state index in [-0.39, 0.29) is 24.2 Å². The van der Waals surface area contributed by atoms with E-state index in [4.69, 9.17) is 4.74 Å². The van der Waals surface area contributed by atoms with Crippen molar-refractivity contribution in [3.63, 3.8) is 0 Å². The Hall–Kier alpha value is -2.40. The molecule has 1 aliphatic rings. The van der Waals surface area contributed by atoms with E-state index in [2.05, 4.69) is 16.3 Å². The summed E-state index contributed by atoms with van der Waals surface area (Å²) in [6.07, 6.45) is 3.89. The second-order valence-corrected chi connectivity index (χ2v) is 7.00. The third-order valence-electron chi connectivity index (χ3n) is 5.08. The molecule has 2 aromatic rings. The Bertz CT molecular complexity index is 742. The lowest BCUT2D eigenvalue weighted by molar-refractivity contribution is -0.120. The van der Waals surface area contributed by atoms with Gasteiger partial charge in [0.25, 0.3) is 0 Å². The molecule has 1 aliphatic heterocycles. The first-order valence-corrected chi connectivity index (χ1v) is 9.55.